The van der Waals surface area contributed by atoms with E-state index in [0.717, 1.165) is 63.0 Å². The molecule has 2 aromatic carbocycles. The van der Waals surface area contributed by atoms with Gasteiger partial charge in [-0.05, 0) is 62.6 Å². The fourth-order valence-corrected chi connectivity index (χ4v) is 4.81. The Bertz CT molecular complexity index is 1160. The maximum absolute atomic E-state index is 12.8. The van der Waals surface area contributed by atoms with E-state index in [1.807, 2.05) is 24.3 Å². The van der Waals surface area contributed by atoms with Gasteiger partial charge in [0, 0.05) is 45.0 Å². The van der Waals surface area contributed by atoms with Crippen molar-refractivity contribution in [1.82, 2.24) is 19.4 Å². The molecule has 1 N–H and O–H groups in total. The van der Waals surface area contributed by atoms with Gasteiger partial charge in [0.25, 0.3) is 0 Å². The lowest BCUT2D eigenvalue weighted by Gasteiger charge is -2.36. The Morgan fingerprint density at radius 3 is 2.35 bits per heavy atom. The molecule has 0 atom stereocenters. The maximum atomic E-state index is 12.8. The van der Waals surface area contributed by atoms with Crippen LogP contribution in [0.5, 0.6) is 0 Å². The highest BCUT2D eigenvalue weighted by molar-refractivity contribution is 5.80. The molecule has 0 saturated carbocycles. The molecule has 0 unspecified atom stereocenters. The van der Waals surface area contributed by atoms with Crippen LogP contribution in [0.4, 0.5) is 5.69 Å². The zero-order valence-electron chi connectivity index (χ0n) is 20.5. The third kappa shape index (κ3) is 5.70. The minimum Gasteiger partial charge on any atom is -0.369 e. The third-order valence-electron chi connectivity index (χ3n) is 6.64. The lowest BCUT2D eigenvalue weighted by atomic mass is 10.2. The van der Waals surface area contributed by atoms with Crippen LogP contribution in [0.1, 0.15) is 31.7 Å². The van der Waals surface area contributed by atoms with Crippen LogP contribution in [-0.4, -0.2) is 59.2 Å². The lowest BCUT2D eigenvalue weighted by molar-refractivity contribution is -0.121. The highest BCUT2D eigenvalue weighted by Crippen LogP contribution is 2.18. The number of anilines is 1. The number of hydrogen-bond acceptors (Lipinski definition) is 4. The van der Waals surface area contributed by atoms with Gasteiger partial charge in [0.2, 0.25) is 5.91 Å². The first-order valence-corrected chi connectivity index (χ1v) is 12.6. The van der Waals surface area contributed by atoms with Crippen molar-refractivity contribution in [2.24, 2.45) is 0 Å². The predicted octanol–water partition coefficient (Wildman–Crippen LogP) is 3.24. The van der Waals surface area contributed by atoms with Crippen molar-refractivity contribution in [2.45, 2.75) is 46.2 Å². The Morgan fingerprint density at radius 2 is 1.65 bits per heavy atom. The fraction of sp³-hybridized carbons (Fsp3) is 0.481. The zero-order valence-corrected chi connectivity index (χ0v) is 20.5. The summed E-state index contributed by atoms with van der Waals surface area (Å²) in [6.07, 6.45) is 2.87. The minimum absolute atomic E-state index is 0.0664. The van der Waals surface area contributed by atoms with Crippen molar-refractivity contribution in [3.63, 3.8) is 0 Å². The normalized spacial score (nSPS) is 14.6. The first-order chi connectivity index (χ1) is 16.6. The number of aromatic nitrogens is 2. The molecule has 2 heterocycles. The first-order valence-electron chi connectivity index (χ1n) is 12.6. The summed E-state index contributed by atoms with van der Waals surface area (Å²) in [4.78, 5) is 30.3. The Balaban J connectivity index is 1.18. The van der Waals surface area contributed by atoms with E-state index in [-0.39, 0.29) is 18.1 Å². The van der Waals surface area contributed by atoms with Crippen LogP contribution >= 0.6 is 0 Å². The molecule has 0 bridgehead atoms. The highest BCUT2D eigenvalue weighted by Gasteiger charge is 2.17. The summed E-state index contributed by atoms with van der Waals surface area (Å²) in [5.74, 6) is -0.103. The molecule has 7 heteroatoms. The molecular weight excluding hydrogens is 426 g/mol. The lowest BCUT2D eigenvalue weighted by Crippen LogP contribution is -2.46. The van der Waals surface area contributed by atoms with Gasteiger partial charge in [-0.25, -0.2) is 4.79 Å². The first kappa shape index (κ1) is 24.1. The van der Waals surface area contributed by atoms with Gasteiger partial charge in [-0.3, -0.25) is 18.8 Å². The number of nitrogens with zero attached hydrogens (tertiary/aromatic N) is 4. The van der Waals surface area contributed by atoms with Gasteiger partial charge in [0.15, 0.2) is 0 Å². The van der Waals surface area contributed by atoms with Crippen LogP contribution in [0.3, 0.4) is 0 Å². The van der Waals surface area contributed by atoms with Crippen LogP contribution in [0, 0.1) is 6.92 Å². The standard InChI is InChI=1S/C27H37N5O2/c1-3-14-31-24-11-4-5-12-25(24)32(27(31)34)21-26(33)28-13-6-7-15-29-16-18-30(19-17-29)23-10-8-9-22(2)20-23/h4-5,8-12,20H,3,6-7,13-19,21H2,1-2H3,(H,28,33). The van der Waals surface area contributed by atoms with E-state index in [2.05, 4.69) is 53.2 Å². The van der Waals surface area contributed by atoms with Crippen LogP contribution in [0.2, 0.25) is 0 Å². The smallest absolute Gasteiger partial charge is 0.329 e. The molecule has 1 aliphatic heterocycles. The van der Waals surface area contributed by atoms with Gasteiger partial charge < -0.3 is 10.2 Å². The average molecular weight is 464 g/mol. The molecule has 3 aromatic rings. The van der Waals surface area contributed by atoms with E-state index < -0.39 is 0 Å². The summed E-state index contributed by atoms with van der Waals surface area (Å²) in [6, 6.07) is 16.4. The van der Waals surface area contributed by atoms with Crippen molar-refractivity contribution >= 4 is 22.6 Å². The number of carbonyl (C=O) groups excluding carboxylic acids is 1. The summed E-state index contributed by atoms with van der Waals surface area (Å²) in [7, 11) is 0. The molecule has 0 aliphatic carbocycles. The third-order valence-corrected chi connectivity index (χ3v) is 6.64. The number of imidazole rings is 1. The van der Waals surface area contributed by atoms with Crippen molar-refractivity contribution in [2.75, 3.05) is 44.2 Å². The number of carbonyl (C=O) groups is 1. The predicted molar refractivity (Wildman–Crippen MR) is 139 cm³/mol. The SMILES string of the molecule is CCCn1c(=O)n(CC(=O)NCCCCN2CCN(c3cccc(C)c3)CC2)c2ccccc21. The van der Waals surface area contributed by atoms with Crippen molar-refractivity contribution in [1.29, 1.82) is 0 Å². The number of piperazine rings is 1. The van der Waals surface area contributed by atoms with Gasteiger partial charge in [-0.2, -0.15) is 0 Å². The Labute approximate surface area is 202 Å². The molecule has 7 nitrogen and oxygen atoms in total. The van der Waals surface area contributed by atoms with Gasteiger partial charge >= 0.3 is 5.69 Å². The second-order valence-electron chi connectivity index (χ2n) is 9.23. The average Bonchev–Trinajstić information content (AvgIpc) is 3.10. The van der Waals surface area contributed by atoms with E-state index in [4.69, 9.17) is 0 Å². The number of hydrogen-bond donors (Lipinski definition) is 1. The monoisotopic (exact) mass is 463 g/mol. The molecule has 1 amide bonds. The van der Waals surface area contributed by atoms with Crippen molar-refractivity contribution in [3.05, 3.63) is 64.6 Å². The summed E-state index contributed by atoms with van der Waals surface area (Å²) in [5, 5.41) is 3.00. The fourth-order valence-electron chi connectivity index (χ4n) is 4.81. The zero-order chi connectivity index (χ0) is 23.9. The van der Waals surface area contributed by atoms with Crippen molar-refractivity contribution < 1.29 is 4.79 Å². The van der Waals surface area contributed by atoms with Crippen LogP contribution in [-0.2, 0) is 17.9 Å². The number of rotatable bonds is 10. The molecule has 4 rings (SSSR count). The number of nitrogens with one attached hydrogen (secondary N) is 1. The van der Waals surface area contributed by atoms with E-state index in [9.17, 15) is 9.59 Å². The van der Waals surface area contributed by atoms with Gasteiger partial charge in [-0.1, -0.05) is 31.2 Å². The Morgan fingerprint density at radius 1 is 0.912 bits per heavy atom. The highest BCUT2D eigenvalue weighted by atomic mass is 16.2. The van der Waals surface area contributed by atoms with Crippen molar-refractivity contribution in [3.8, 4) is 0 Å². The summed E-state index contributed by atoms with van der Waals surface area (Å²) in [5.41, 5.74) is 4.23. The molecule has 0 radical (unpaired) electrons. The summed E-state index contributed by atoms with van der Waals surface area (Å²) in [6.45, 7) is 10.9. The van der Waals surface area contributed by atoms with E-state index in [1.165, 1.54) is 11.3 Å². The van der Waals surface area contributed by atoms with Crippen LogP contribution in [0.15, 0.2) is 53.3 Å². The molecule has 1 saturated heterocycles. The Kier molecular flexibility index (Phi) is 8.06. The maximum Gasteiger partial charge on any atom is 0.329 e. The topological polar surface area (TPSA) is 62.5 Å². The van der Waals surface area contributed by atoms with Crippen LogP contribution < -0.4 is 15.9 Å². The quantitative estimate of drug-likeness (QED) is 0.469. The van der Waals surface area contributed by atoms with Gasteiger partial charge in [0.1, 0.15) is 6.54 Å². The van der Waals surface area contributed by atoms with E-state index in [1.54, 1.807) is 9.13 Å². The number of benzene rings is 2. The number of aryl methyl sites for hydroxylation is 2. The van der Waals surface area contributed by atoms with Gasteiger partial charge in [0.05, 0.1) is 11.0 Å². The molecule has 1 aliphatic rings. The molecule has 1 aromatic heterocycles. The Hall–Kier alpha value is -3.06. The number of fused-ring (bicyclic) bond motifs is 1. The van der Waals surface area contributed by atoms with E-state index in [0.29, 0.717) is 13.1 Å². The molecule has 182 valence electrons. The number of amides is 1. The van der Waals surface area contributed by atoms with E-state index >= 15 is 0 Å². The molecule has 34 heavy (non-hydrogen) atoms. The second-order valence-corrected chi connectivity index (χ2v) is 9.23. The summed E-state index contributed by atoms with van der Waals surface area (Å²) < 4.78 is 3.36. The summed E-state index contributed by atoms with van der Waals surface area (Å²) >= 11 is 0. The van der Waals surface area contributed by atoms with Crippen LogP contribution in [0.25, 0.3) is 11.0 Å². The largest absolute Gasteiger partial charge is 0.369 e. The molecule has 0 spiro atoms. The second kappa shape index (κ2) is 11.4. The minimum atomic E-state index is -0.108. The molecular formula is C27H37N5O2. The number of para-hydroxylation sites is 2. The molecule has 1 fully saturated rings. The number of unbranched alkanes of at least 4 members (excludes halogenated alkanes) is 1. The van der Waals surface area contributed by atoms with Gasteiger partial charge in [-0.15, -0.1) is 0 Å².